The summed E-state index contributed by atoms with van der Waals surface area (Å²) in [6.45, 7) is 6.30. The molecule has 0 aliphatic rings. The van der Waals surface area contributed by atoms with Gasteiger partial charge in [0.1, 0.15) is 0 Å². The molecule has 4 heteroatoms. The molecule has 1 amide bonds. The normalized spacial score (nSPS) is 10.9. The highest BCUT2D eigenvalue weighted by atomic mass is 16.1. The molecule has 1 aromatic rings. The van der Waals surface area contributed by atoms with Crippen molar-refractivity contribution >= 4 is 5.91 Å². The second-order valence-corrected chi connectivity index (χ2v) is 3.42. The highest BCUT2D eigenvalue weighted by molar-refractivity contribution is 5.96. The van der Waals surface area contributed by atoms with E-state index in [2.05, 4.69) is 15.5 Å². The molecule has 0 saturated heterocycles. The fourth-order valence-electron chi connectivity index (χ4n) is 1.41. The molecule has 82 valence electrons. The fraction of sp³-hybridized carbons (Fsp3) is 0.455. The second kappa shape index (κ2) is 5.34. The number of aryl methyl sites for hydroxylation is 2. The maximum Gasteiger partial charge on any atom is 0.255 e. The van der Waals surface area contributed by atoms with Crippen molar-refractivity contribution in [3.05, 3.63) is 29.1 Å². The van der Waals surface area contributed by atoms with Crippen LogP contribution in [0.3, 0.4) is 0 Å². The van der Waals surface area contributed by atoms with Gasteiger partial charge in [-0.15, -0.1) is 0 Å². The average Bonchev–Trinajstić information content (AvgIpc) is 2.53. The topological polar surface area (TPSA) is 57.8 Å². The zero-order valence-electron chi connectivity index (χ0n) is 9.42. The number of aromatic nitrogens is 2. The molecule has 0 bridgehead atoms. The maximum atomic E-state index is 11.7. The molecule has 1 aromatic heterocycles. The Morgan fingerprint density at radius 1 is 1.53 bits per heavy atom. The molecule has 0 aliphatic carbocycles. The van der Waals surface area contributed by atoms with Crippen LogP contribution in [0.5, 0.6) is 0 Å². The third kappa shape index (κ3) is 2.94. The van der Waals surface area contributed by atoms with E-state index in [1.807, 2.05) is 32.9 Å². The van der Waals surface area contributed by atoms with Gasteiger partial charge < -0.3 is 5.32 Å². The van der Waals surface area contributed by atoms with Gasteiger partial charge in [0.2, 0.25) is 0 Å². The zero-order valence-corrected chi connectivity index (χ0v) is 9.42. The molecule has 4 nitrogen and oxygen atoms in total. The molecule has 0 aliphatic heterocycles. The SMILES string of the molecule is C/C=C/CCNC(=O)c1c(C)n[nH]c1C. The number of carbonyl (C=O) groups excluding carboxylic acids is 1. The van der Waals surface area contributed by atoms with Crippen LogP contribution in [0.1, 0.15) is 35.1 Å². The van der Waals surface area contributed by atoms with Crippen molar-refractivity contribution in [2.24, 2.45) is 0 Å². The third-order valence-corrected chi connectivity index (χ3v) is 2.19. The van der Waals surface area contributed by atoms with Crippen LogP contribution in [0, 0.1) is 13.8 Å². The Balaban J connectivity index is 2.54. The maximum absolute atomic E-state index is 11.7. The van der Waals surface area contributed by atoms with Gasteiger partial charge in [0, 0.05) is 12.2 Å². The lowest BCUT2D eigenvalue weighted by Crippen LogP contribution is -2.25. The summed E-state index contributed by atoms with van der Waals surface area (Å²) in [5, 5.41) is 9.63. The number of hydrogen-bond acceptors (Lipinski definition) is 2. The smallest absolute Gasteiger partial charge is 0.255 e. The Hall–Kier alpha value is -1.58. The molecule has 2 N–H and O–H groups in total. The molecule has 0 saturated carbocycles. The van der Waals surface area contributed by atoms with Crippen molar-refractivity contribution in [1.29, 1.82) is 0 Å². The van der Waals surface area contributed by atoms with Crippen LogP contribution >= 0.6 is 0 Å². The number of nitrogens with zero attached hydrogens (tertiary/aromatic N) is 1. The van der Waals surface area contributed by atoms with E-state index in [9.17, 15) is 4.79 Å². The van der Waals surface area contributed by atoms with Crippen molar-refractivity contribution in [1.82, 2.24) is 15.5 Å². The first-order valence-electron chi connectivity index (χ1n) is 5.07. The van der Waals surface area contributed by atoms with Gasteiger partial charge >= 0.3 is 0 Å². The largest absolute Gasteiger partial charge is 0.352 e. The monoisotopic (exact) mass is 207 g/mol. The van der Waals surface area contributed by atoms with E-state index < -0.39 is 0 Å². The molecule has 1 rings (SSSR count). The van der Waals surface area contributed by atoms with Crippen molar-refractivity contribution in [3.8, 4) is 0 Å². The molecule has 0 atom stereocenters. The van der Waals surface area contributed by atoms with Gasteiger partial charge in [-0.05, 0) is 27.2 Å². The molecule has 0 fully saturated rings. The summed E-state index contributed by atoms with van der Waals surface area (Å²) in [5.74, 6) is -0.0525. The highest BCUT2D eigenvalue weighted by Crippen LogP contribution is 2.08. The summed E-state index contributed by atoms with van der Waals surface area (Å²) in [6.07, 6.45) is 4.86. The van der Waals surface area contributed by atoms with Crippen LogP contribution in [0.4, 0.5) is 0 Å². The number of nitrogens with one attached hydrogen (secondary N) is 2. The van der Waals surface area contributed by atoms with Crippen LogP contribution in [-0.4, -0.2) is 22.6 Å². The van der Waals surface area contributed by atoms with Crippen LogP contribution in [0.15, 0.2) is 12.2 Å². The van der Waals surface area contributed by atoms with Gasteiger partial charge in [-0.3, -0.25) is 9.89 Å². The molecule has 15 heavy (non-hydrogen) atoms. The molecule has 0 radical (unpaired) electrons. The van der Waals surface area contributed by atoms with Crippen LogP contribution in [0.2, 0.25) is 0 Å². The number of aromatic amines is 1. The summed E-state index contributed by atoms with van der Waals surface area (Å²) in [4.78, 5) is 11.7. The first-order chi connectivity index (χ1) is 7.16. The van der Waals surface area contributed by atoms with Gasteiger partial charge in [0.25, 0.3) is 5.91 Å². The number of allylic oxidation sites excluding steroid dienone is 1. The van der Waals surface area contributed by atoms with Gasteiger partial charge in [-0.25, -0.2) is 0 Å². The lowest BCUT2D eigenvalue weighted by molar-refractivity contribution is 0.0953. The molecular weight excluding hydrogens is 190 g/mol. The number of hydrogen-bond donors (Lipinski definition) is 2. The second-order valence-electron chi connectivity index (χ2n) is 3.42. The lowest BCUT2D eigenvalue weighted by Gasteiger charge is -2.02. The van der Waals surface area contributed by atoms with E-state index in [1.54, 1.807) is 0 Å². The number of rotatable bonds is 4. The van der Waals surface area contributed by atoms with E-state index in [0.29, 0.717) is 12.1 Å². The molecule has 1 heterocycles. The Bertz CT molecular complexity index is 346. The van der Waals surface area contributed by atoms with Crippen molar-refractivity contribution in [3.63, 3.8) is 0 Å². The van der Waals surface area contributed by atoms with Crippen molar-refractivity contribution < 1.29 is 4.79 Å². The molecule has 0 aromatic carbocycles. The average molecular weight is 207 g/mol. The standard InChI is InChI=1S/C11H17N3O/c1-4-5-6-7-12-11(15)10-8(2)13-14-9(10)3/h4-5H,6-7H2,1-3H3,(H,12,15)(H,13,14)/b5-4+. The van der Waals surface area contributed by atoms with Crippen LogP contribution in [-0.2, 0) is 0 Å². The predicted octanol–water partition coefficient (Wildman–Crippen LogP) is 1.72. The van der Waals surface area contributed by atoms with Crippen LogP contribution < -0.4 is 5.32 Å². The summed E-state index contributed by atoms with van der Waals surface area (Å²) < 4.78 is 0. The van der Waals surface area contributed by atoms with Gasteiger partial charge in [-0.1, -0.05) is 12.2 Å². The van der Waals surface area contributed by atoms with Crippen molar-refractivity contribution in [2.75, 3.05) is 6.54 Å². The minimum Gasteiger partial charge on any atom is -0.352 e. The lowest BCUT2D eigenvalue weighted by atomic mass is 10.2. The predicted molar refractivity (Wildman–Crippen MR) is 59.8 cm³/mol. The van der Waals surface area contributed by atoms with E-state index >= 15 is 0 Å². The van der Waals surface area contributed by atoms with Gasteiger partial charge in [-0.2, -0.15) is 5.10 Å². The highest BCUT2D eigenvalue weighted by Gasteiger charge is 2.13. The first kappa shape index (κ1) is 11.5. The summed E-state index contributed by atoms with van der Waals surface area (Å²) in [6, 6.07) is 0. The zero-order chi connectivity index (χ0) is 11.3. The van der Waals surface area contributed by atoms with E-state index in [1.165, 1.54) is 0 Å². The number of amides is 1. The Morgan fingerprint density at radius 3 is 2.80 bits per heavy atom. The fourth-order valence-corrected chi connectivity index (χ4v) is 1.41. The summed E-state index contributed by atoms with van der Waals surface area (Å²) in [5.41, 5.74) is 2.22. The van der Waals surface area contributed by atoms with Gasteiger partial charge in [0.15, 0.2) is 0 Å². The molecular formula is C11H17N3O. The Morgan fingerprint density at radius 2 is 2.27 bits per heavy atom. The molecule has 0 unspecified atom stereocenters. The summed E-state index contributed by atoms with van der Waals surface area (Å²) in [7, 11) is 0. The first-order valence-corrected chi connectivity index (χ1v) is 5.07. The van der Waals surface area contributed by atoms with Crippen molar-refractivity contribution in [2.45, 2.75) is 27.2 Å². The Labute approximate surface area is 89.8 Å². The Kier molecular flexibility index (Phi) is 4.09. The number of carbonyl (C=O) groups is 1. The quantitative estimate of drug-likeness (QED) is 0.583. The van der Waals surface area contributed by atoms with Gasteiger partial charge in [0.05, 0.1) is 11.3 Å². The number of H-pyrrole nitrogens is 1. The molecule has 0 spiro atoms. The van der Waals surface area contributed by atoms with Crippen LogP contribution in [0.25, 0.3) is 0 Å². The van der Waals surface area contributed by atoms with E-state index in [0.717, 1.165) is 17.8 Å². The summed E-state index contributed by atoms with van der Waals surface area (Å²) >= 11 is 0. The van der Waals surface area contributed by atoms with E-state index in [4.69, 9.17) is 0 Å². The minimum absolute atomic E-state index is 0.0525. The van der Waals surface area contributed by atoms with E-state index in [-0.39, 0.29) is 5.91 Å². The minimum atomic E-state index is -0.0525. The third-order valence-electron chi connectivity index (χ3n) is 2.19.